The Bertz CT molecular complexity index is 896. The third kappa shape index (κ3) is 4.79. The number of Topliss-reactive ketones (excluding diaryl/α,β-unsaturated/α-hetero) is 1. The molecule has 0 saturated heterocycles. The van der Waals surface area contributed by atoms with Crippen molar-refractivity contribution in [1.29, 1.82) is 0 Å². The van der Waals surface area contributed by atoms with E-state index in [1.165, 1.54) is 21.1 Å². The minimum Gasteiger partial charge on any atom is -0.494 e. The summed E-state index contributed by atoms with van der Waals surface area (Å²) in [7, 11) is 2.85. The Labute approximate surface area is 173 Å². The molecule has 0 heterocycles. The lowest BCUT2D eigenvalue weighted by Crippen LogP contribution is -2.36. The fourth-order valence-electron chi connectivity index (χ4n) is 2.36. The molecule has 0 saturated carbocycles. The van der Waals surface area contributed by atoms with Gasteiger partial charge in [0.1, 0.15) is 22.9 Å². The molecule has 0 spiro atoms. The Hall–Kier alpha value is -2.64. The molecule has 0 fully saturated rings. The van der Waals surface area contributed by atoms with Crippen LogP contribution in [0.4, 0.5) is 11.4 Å². The zero-order chi connectivity index (χ0) is 20.8. The molecule has 0 radical (unpaired) electrons. The van der Waals surface area contributed by atoms with E-state index in [2.05, 4.69) is 10.2 Å². The zero-order valence-electron chi connectivity index (χ0n) is 15.8. The Morgan fingerprint density at radius 3 is 2.21 bits per heavy atom. The van der Waals surface area contributed by atoms with E-state index in [9.17, 15) is 9.59 Å². The number of halogens is 2. The van der Waals surface area contributed by atoms with Crippen LogP contribution in [0.5, 0.6) is 11.5 Å². The SMILES string of the molecule is COc1cccc(OC)c1N(Cl)C(=O)C(N=Nc1ccc(C)cc1Cl)C(C)=O. The van der Waals surface area contributed by atoms with Gasteiger partial charge in [0.25, 0.3) is 5.91 Å². The summed E-state index contributed by atoms with van der Waals surface area (Å²) in [6.45, 7) is 3.10. The summed E-state index contributed by atoms with van der Waals surface area (Å²) >= 11 is 12.4. The van der Waals surface area contributed by atoms with Gasteiger partial charge in [0, 0.05) is 11.8 Å². The maximum absolute atomic E-state index is 12.9. The van der Waals surface area contributed by atoms with E-state index in [1.807, 2.05) is 6.92 Å². The lowest BCUT2D eigenvalue weighted by atomic mass is 10.2. The van der Waals surface area contributed by atoms with Crippen molar-refractivity contribution < 1.29 is 19.1 Å². The minimum atomic E-state index is -1.45. The number of methoxy groups -OCH3 is 2. The van der Waals surface area contributed by atoms with Crippen molar-refractivity contribution in [3.8, 4) is 11.5 Å². The molecule has 0 aliphatic carbocycles. The summed E-state index contributed by atoms with van der Waals surface area (Å²) in [6, 6.07) is 8.58. The van der Waals surface area contributed by atoms with Gasteiger partial charge >= 0.3 is 0 Å². The Morgan fingerprint density at radius 2 is 1.71 bits per heavy atom. The molecule has 9 heteroatoms. The highest BCUT2D eigenvalue weighted by atomic mass is 35.5. The molecule has 7 nitrogen and oxygen atoms in total. The second-order valence-electron chi connectivity index (χ2n) is 5.81. The Balaban J connectivity index is 2.38. The number of carbonyl (C=O) groups excluding carboxylic acids is 2. The van der Waals surface area contributed by atoms with Crippen molar-refractivity contribution >= 4 is 46.4 Å². The summed E-state index contributed by atoms with van der Waals surface area (Å²) in [6.07, 6.45) is 0. The number of ether oxygens (including phenoxy) is 2. The van der Waals surface area contributed by atoms with Crippen LogP contribution in [0.25, 0.3) is 0 Å². The third-order valence-corrected chi connectivity index (χ3v) is 4.43. The highest BCUT2D eigenvalue weighted by Crippen LogP contribution is 2.39. The van der Waals surface area contributed by atoms with Crippen LogP contribution in [0.1, 0.15) is 12.5 Å². The van der Waals surface area contributed by atoms with Crippen LogP contribution in [0.3, 0.4) is 0 Å². The van der Waals surface area contributed by atoms with Gasteiger partial charge in [-0.2, -0.15) is 10.2 Å². The van der Waals surface area contributed by atoms with Crippen LogP contribution >= 0.6 is 23.4 Å². The van der Waals surface area contributed by atoms with Gasteiger partial charge in [-0.3, -0.25) is 9.59 Å². The molecule has 2 rings (SSSR count). The number of aryl methyl sites for hydroxylation is 1. The summed E-state index contributed by atoms with van der Waals surface area (Å²) in [5, 5.41) is 8.18. The maximum atomic E-state index is 12.9. The van der Waals surface area contributed by atoms with Gasteiger partial charge in [0.15, 0.2) is 5.78 Å². The van der Waals surface area contributed by atoms with E-state index in [1.54, 1.807) is 36.4 Å². The van der Waals surface area contributed by atoms with Crippen LogP contribution in [-0.4, -0.2) is 32.0 Å². The van der Waals surface area contributed by atoms with Gasteiger partial charge in [-0.05, 0) is 43.7 Å². The number of hydrogen-bond donors (Lipinski definition) is 0. The van der Waals surface area contributed by atoms with Crippen molar-refractivity contribution in [1.82, 2.24) is 0 Å². The molecule has 0 aromatic heterocycles. The second kappa shape index (κ2) is 9.52. The maximum Gasteiger partial charge on any atom is 0.276 e. The van der Waals surface area contributed by atoms with E-state index in [4.69, 9.17) is 32.9 Å². The highest BCUT2D eigenvalue weighted by molar-refractivity contribution is 6.40. The molecule has 28 heavy (non-hydrogen) atoms. The lowest BCUT2D eigenvalue weighted by molar-refractivity contribution is -0.126. The number of ketones is 1. The molecule has 0 bridgehead atoms. The van der Waals surface area contributed by atoms with E-state index in [-0.39, 0.29) is 5.69 Å². The van der Waals surface area contributed by atoms with Gasteiger partial charge in [0.05, 0.1) is 19.2 Å². The van der Waals surface area contributed by atoms with Crippen LogP contribution in [0.2, 0.25) is 5.02 Å². The smallest absolute Gasteiger partial charge is 0.276 e. The van der Waals surface area contributed by atoms with Crippen molar-refractivity contribution in [2.75, 3.05) is 18.6 Å². The van der Waals surface area contributed by atoms with E-state index in [0.29, 0.717) is 22.2 Å². The van der Waals surface area contributed by atoms with Gasteiger partial charge in [-0.1, -0.05) is 23.7 Å². The van der Waals surface area contributed by atoms with Gasteiger partial charge < -0.3 is 9.47 Å². The summed E-state index contributed by atoms with van der Waals surface area (Å²) < 4.78 is 11.2. The number of para-hydroxylation sites is 1. The Morgan fingerprint density at radius 1 is 1.11 bits per heavy atom. The van der Waals surface area contributed by atoms with Gasteiger partial charge in [-0.15, -0.1) is 0 Å². The van der Waals surface area contributed by atoms with Gasteiger partial charge in [-0.25, -0.2) is 4.42 Å². The molecule has 1 amide bonds. The molecular formula is C19H19Cl2N3O4. The number of hydrogen-bond acceptors (Lipinski definition) is 6. The average Bonchev–Trinajstić information content (AvgIpc) is 2.67. The first-order valence-corrected chi connectivity index (χ1v) is 8.90. The number of azo groups is 1. The Kier molecular flexibility index (Phi) is 7.37. The molecule has 2 aromatic carbocycles. The number of rotatable bonds is 7. The van der Waals surface area contributed by atoms with Crippen molar-refractivity contribution in [3.63, 3.8) is 0 Å². The first-order chi connectivity index (χ1) is 13.3. The fourth-order valence-corrected chi connectivity index (χ4v) is 2.89. The van der Waals surface area contributed by atoms with Crippen molar-refractivity contribution in [2.45, 2.75) is 19.9 Å². The number of anilines is 1. The second-order valence-corrected chi connectivity index (χ2v) is 6.56. The topological polar surface area (TPSA) is 80.6 Å². The third-order valence-electron chi connectivity index (χ3n) is 3.79. The molecule has 148 valence electrons. The zero-order valence-corrected chi connectivity index (χ0v) is 17.3. The lowest BCUT2D eigenvalue weighted by Gasteiger charge is -2.21. The quantitative estimate of drug-likeness (QED) is 0.360. The average molecular weight is 424 g/mol. The molecule has 0 aliphatic heterocycles. The van der Waals surface area contributed by atoms with Crippen LogP contribution in [-0.2, 0) is 9.59 Å². The number of nitrogens with zero attached hydrogens (tertiary/aromatic N) is 3. The van der Waals surface area contributed by atoms with Gasteiger partial charge in [0.2, 0.25) is 6.04 Å². The van der Waals surface area contributed by atoms with Crippen molar-refractivity contribution in [3.05, 3.63) is 47.0 Å². The molecule has 0 aliphatic rings. The van der Waals surface area contributed by atoms with Crippen LogP contribution in [0, 0.1) is 6.92 Å². The largest absolute Gasteiger partial charge is 0.494 e. The highest BCUT2D eigenvalue weighted by Gasteiger charge is 2.32. The van der Waals surface area contributed by atoms with E-state index in [0.717, 1.165) is 9.98 Å². The minimum absolute atomic E-state index is 0.161. The fraction of sp³-hybridized carbons (Fsp3) is 0.263. The molecule has 0 N–H and O–H groups in total. The summed E-state index contributed by atoms with van der Waals surface area (Å²) in [5.41, 5.74) is 1.44. The van der Waals surface area contributed by atoms with E-state index >= 15 is 0 Å². The van der Waals surface area contributed by atoms with Crippen LogP contribution < -0.4 is 13.9 Å². The molecule has 2 aromatic rings. The number of benzene rings is 2. The molecular weight excluding hydrogens is 405 g/mol. The number of carbonyl (C=O) groups is 2. The normalized spacial score (nSPS) is 11.9. The summed E-state index contributed by atoms with van der Waals surface area (Å²) in [5.74, 6) is -0.743. The molecule has 1 atom stereocenters. The van der Waals surface area contributed by atoms with Crippen LogP contribution in [0.15, 0.2) is 46.6 Å². The van der Waals surface area contributed by atoms with E-state index < -0.39 is 17.7 Å². The number of amides is 1. The predicted molar refractivity (Wildman–Crippen MR) is 108 cm³/mol. The first kappa shape index (κ1) is 21.7. The monoisotopic (exact) mass is 423 g/mol. The summed E-state index contributed by atoms with van der Waals surface area (Å²) in [4.78, 5) is 24.9. The standard InChI is InChI=1S/C19H19Cl2N3O4/c1-11-8-9-14(13(20)10-11)22-23-17(12(2)25)19(26)24(21)18-15(27-3)6-5-7-16(18)28-4/h5-10,17H,1-4H3. The predicted octanol–water partition coefficient (Wildman–Crippen LogP) is 4.89. The van der Waals surface area contributed by atoms with Crippen molar-refractivity contribution in [2.24, 2.45) is 10.2 Å². The molecule has 1 unspecified atom stereocenters. The first-order valence-electron chi connectivity index (χ1n) is 8.18.